The molecule has 0 spiro atoms. The number of alkyl halides is 3. The Balaban J connectivity index is 2.37. The number of nitrogens with zero attached hydrogens (tertiary/aromatic N) is 1. The fourth-order valence-corrected chi connectivity index (χ4v) is 1.73. The Bertz CT molecular complexity index is 775. The lowest BCUT2D eigenvalue weighted by atomic mass is 10.1. The average Bonchev–Trinajstić information content (AvgIpc) is 2.46. The third-order valence-electron chi connectivity index (χ3n) is 2.81. The zero-order chi connectivity index (χ0) is 17.2. The van der Waals surface area contributed by atoms with Crippen molar-refractivity contribution < 1.29 is 32.3 Å². The van der Waals surface area contributed by atoms with Crippen LogP contribution < -0.4 is 5.32 Å². The van der Waals surface area contributed by atoms with E-state index in [1.54, 1.807) is 0 Å². The molecule has 0 unspecified atom stereocenters. The number of carbonyl (C=O) groups is 2. The van der Waals surface area contributed by atoms with Crippen molar-refractivity contribution in [3.63, 3.8) is 0 Å². The Hall–Kier alpha value is -2.97. The van der Waals surface area contributed by atoms with E-state index in [1.165, 1.54) is 12.3 Å². The molecule has 0 saturated heterocycles. The third-order valence-corrected chi connectivity index (χ3v) is 2.81. The summed E-state index contributed by atoms with van der Waals surface area (Å²) in [5, 5.41) is 10.9. The van der Waals surface area contributed by atoms with Crippen molar-refractivity contribution in [2.75, 3.05) is 5.32 Å². The van der Waals surface area contributed by atoms with Gasteiger partial charge in [0, 0.05) is 6.20 Å². The number of rotatable bonds is 3. The summed E-state index contributed by atoms with van der Waals surface area (Å²) in [6.07, 6.45) is -3.58. The first-order valence-electron chi connectivity index (χ1n) is 6.06. The molecule has 0 aliphatic carbocycles. The predicted molar refractivity (Wildman–Crippen MR) is 70.6 cm³/mol. The molecule has 0 aliphatic rings. The number of hydrogen-bond donors (Lipinski definition) is 2. The quantitative estimate of drug-likeness (QED) is 0.848. The third kappa shape index (κ3) is 3.62. The molecule has 2 rings (SSSR count). The van der Waals surface area contributed by atoms with Crippen LogP contribution in [0.1, 0.15) is 26.3 Å². The number of benzene rings is 1. The lowest BCUT2D eigenvalue weighted by Gasteiger charge is -2.11. The maximum absolute atomic E-state index is 13.6. The van der Waals surface area contributed by atoms with Crippen LogP contribution in [0.2, 0.25) is 0 Å². The van der Waals surface area contributed by atoms with Crippen LogP contribution in [-0.2, 0) is 6.18 Å². The van der Waals surface area contributed by atoms with Gasteiger partial charge in [0.2, 0.25) is 0 Å². The molecule has 0 aliphatic heterocycles. The molecule has 0 fully saturated rings. The monoisotopic (exact) mass is 328 g/mol. The van der Waals surface area contributed by atoms with Gasteiger partial charge < -0.3 is 10.4 Å². The fraction of sp³-hybridized carbons (Fsp3) is 0.0714. The Morgan fingerprint density at radius 3 is 2.43 bits per heavy atom. The molecular formula is C14H8F4N2O3. The lowest BCUT2D eigenvalue weighted by molar-refractivity contribution is -0.137. The van der Waals surface area contributed by atoms with Crippen LogP contribution in [0, 0.1) is 5.82 Å². The Morgan fingerprint density at radius 1 is 1.13 bits per heavy atom. The van der Waals surface area contributed by atoms with Gasteiger partial charge in [0.05, 0.1) is 11.1 Å². The van der Waals surface area contributed by atoms with Gasteiger partial charge in [0.25, 0.3) is 5.91 Å². The molecule has 0 saturated carbocycles. The minimum atomic E-state index is -4.75. The number of pyridine rings is 1. The number of aromatic carboxylic acids is 1. The van der Waals surface area contributed by atoms with Crippen LogP contribution in [0.5, 0.6) is 0 Å². The van der Waals surface area contributed by atoms with Crippen LogP contribution in [0.4, 0.5) is 23.4 Å². The van der Waals surface area contributed by atoms with Crippen molar-refractivity contribution in [1.82, 2.24) is 4.98 Å². The first-order valence-corrected chi connectivity index (χ1v) is 6.06. The number of carboxylic acids is 1. The van der Waals surface area contributed by atoms with E-state index in [4.69, 9.17) is 5.11 Å². The minimum Gasteiger partial charge on any atom is -0.478 e. The number of hydrogen-bond acceptors (Lipinski definition) is 3. The number of halogens is 4. The van der Waals surface area contributed by atoms with Gasteiger partial charge in [-0.2, -0.15) is 13.2 Å². The van der Waals surface area contributed by atoms with Crippen LogP contribution >= 0.6 is 0 Å². The van der Waals surface area contributed by atoms with E-state index in [9.17, 15) is 27.2 Å². The van der Waals surface area contributed by atoms with E-state index >= 15 is 0 Å². The normalized spacial score (nSPS) is 11.1. The van der Waals surface area contributed by atoms with Crippen molar-refractivity contribution >= 4 is 17.7 Å². The number of anilines is 1. The molecule has 120 valence electrons. The molecule has 23 heavy (non-hydrogen) atoms. The van der Waals surface area contributed by atoms with Crippen molar-refractivity contribution in [3.05, 3.63) is 59.0 Å². The number of amides is 1. The van der Waals surface area contributed by atoms with Gasteiger partial charge in [0.15, 0.2) is 0 Å². The zero-order valence-electron chi connectivity index (χ0n) is 11.2. The lowest BCUT2D eigenvalue weighted by Crippen LogP contribution is -2.18. The average molecular weight is 328 g/mol. The van der Waals surface area contributed by atoms with Crippen molar-refractivity contribution in [2.45, 2.75) is 6.18 Å². The molecule has 1 aromatic heterocycles. The van der Waals surface area contributed by atoms with E-state index in [2.05, 4.69) is 4.98 Å². The Labute approximate surface area is 126 Å². The van der Waals surface area contributed by atoms with Crippen molar-refractivity contribution in [2.24, 2.45) is 0 Å². The van der Waals surface area contributed by atoms with Crippen molar-refractivity contribution in [3.8, 4) is 0 Å². The second-order valence-corrected chi connectivity index (χ2v) is 4.35. The van der Waals surface area contributed by atoms with E-state index in [1.807, 2.05) is 5.32 Å². The summed E-state index contributed by atoms with van der Waals surface area (Å²) in [6.45, 7) is 0. The molecule has 1 aromatic carbocycles. The van der Waals surface area contributed by atoms with Crippen LogP contribution in [0.25, 0.3) is 0 Å². The van der Waals surface area contributed by atoms with Crippen LogP contribution in [-0.4, -0.2) is 22.0 Å². The van der Waals surface area contributed by atoms with Gasteiger partial charge >= 0.3 is 12.1 Å². The highest BCUT2D eigenvalue weighted by atomic mass is 19.4. The second kappa shape index (κ2) is 6.03. The largest absolute Gasteiger partial charge is 0.478 e. The number of carbonyl (C=O) groups excluding carboxylic acids is 1. The van der Waals surface area contributed by atoms with Crippen LogP contribution in [0.15, 0.2) is 36.5 Å². The summed E-state index contributed by atoms with van der Waals surface area (Å²) in [5.74, 6) is -4.22. The number of nitrogens with one attached hydrogen (secondary N) is 1. The first-order chi connectivity index (χ1) is 10.7. The molecule has 0 atom stereocenters. The highest BCUT2D eigenvalue weighted by molar-refractivity contribution is 6.07. The smallest absolute Gasteiger partial charge is 0.416 e. The predicted octanol–water partition coefficient (Wildman–Crippen LogP) is 3.19. The molecule has 0 radical (unpaired) electrons. The molecule has 2 N–H and O–H groups in total. The zero-order valence-corrected chi connectivity index (χ0v) is 11.2. The van der Waals surface area contributed by atoms with E-state index < -0.39 is 40.8 Å². The van der Waals surface area contributed by atoms with E-state index in [-0.39, 0.29) is 5.56 Å². The van der Waals surface area contributed by atoms with Gasteiger partial charge in [-0.25, -0.2) is 14.2 Å². The molecule has 2 aromatic rings. The SMILES string of the molecule is O=C(Nc1ncccc1C(=O)O)c1cc(C(F)(F)F)ccc1F. The number of aromatic nitrogens is 1. The summed E-state index contributed by atoms with van der Waals surface area (Å²) in [4.78, 5) is 26.5. The summed E-state index contributed by atoms with van der Waals surface area (Å²) in [7, 11) is 0. The highest BCUT2D eigenvalue weighted by Crippen LogP contribution is 2.30. The second-order valence-electron chi connectivity index (χ2n) is 4.35. The van der Waals surface area contributed by atoms with Crippen molar-refractivity contribution in [1.29, 1.82) is 0 Å². The number of carboxylic acid groups (broad SMARTS) is 1. The maximum Gasteiger partial charge on any atom is 0.416 e. The molecule has 0 bridgehead atoms. The molecule has 9 heteroatoms. The molecule has 1 amide bonds. The summed E-state index contributed by atoms with van der Waals surface area (Å²) >= 11 is 0. The fourth-order valence-electron chi connectivity index (χ4n) is 1.73. The highest BCUT2D eigenvalue weighted by Gasteiger charge is 2.32. The van der Waals surface area contributed by atoms with E-state index in [0.717, 1.165) is 6.07 Å². The summed E-state index contributed by atoms with van der Waals surface area (Å²) in [5.41, 5.74) is -2.46. The summed E-state index contributed by atoms with van der Waals surface area (Å²) < 4.78 is 51.5. The van der Waals surface area contributed by atoms with Gasteiger partial charge in [-0.1, -0.05) is 0 Å². The van der Waals surface area contributed by atoms with Gasteiger partial charge in [-0.3, -0.25) is 4.79 Å². The van der Waals surface area contributed by atoms with Gasteiger partial charge in [-0.15, -0.1) is 0 Å². The topological polar surface area (TPSA) is 79.3 Å². The maximum atomic E-state index is 13.6. The van der Waals surface area contributed by atoms with Gasteiger partial charge in [-0.05, 0) is 30.3 Å². The Morgan fingerprint density at radius 2 is 1.83 bits per heavy atom. The van der Waals surface area contributed by atoms with Gasteiger partial charge in [0.1, 0.15) is 17.2 Å². The van der Waals surface area contributed by atoms with Crippen LogP contribution in [0.3, 0.4) is 0 Å². The molecular weight excluding hydrogens is 320 g/mol. The standard InChI is InChI=1S/C14H8F4N2O3/c15-10-4-3-7(14(16,17)18)6-9(10)12(21)20-11-8(13(22)23)2-1-5-19-11/h1-6H,(H,22,23)(H,19,20,21). The molecule has 5 nitrogen and oxygen atoms in total. The minimum absolute atomic E-state index is 0.341. The Kier molecular flexibility index (Phi) is 4.30. The summed E-state index contributed by atoms with van der Waals surface area (Å²) in [6, 6.07) is 3.77. The first kappa shape index (κ1) is 16.4. The molecule has 1 heterocycles. The van der Waals surface area contributed by atoms with E-state index in [0.29, 0.717) is 18.2 Å².